The van der Waals surface area contributed by atoms with Gasteiger partial charge in [0.2, 0.25) is 10.0 Å². The van der Waals surface area contributed by atoms with Crippen LogP contribution >= 0.6 is 11.8 Å². The molecule has 1 aromatic carbocycles. The zero-order valence-electron chi connectivity index (χ0n) is 12.8. The fourth-order valence-corrected chi connectivity index (χ4v) is 5.32. The number of hydrogen-bond acceptors (Lipinski definition) is 5. The molecule has 2 saturated heterocycles. The van der Waals surface area contributed by atoms with Gasteiger partial charge < -0.3 is 10.6 Å². The van der Waals surface area contributed by atoms with Crippen LogP contribution in [0.15, 0.2) is 29.2 Å². The number of thioether (sulfide) groups is 1. The summed E-state index contributed by atoms with van der Waals surface area (Å²) in [6, 6.07) is 6.45. The highest BCUT2D eigenvalue weighted by Gasteiger charge is 2.26. The summed E-state index contributed by atoms with van der Waals surface area (Å²) in [5.74, 6) is 1.89. The van der Waals surface area contributed by atoms with Gasteiger partial charge in [-0.05, 0) is 36.4 Å². The molecule has 2 heterocycles. The predicted octanol–water partition coefficient (Wildman–Crippen LogP) is 0.516. The molecule has 3 rings (SSSR count). The third kappa shape index (κ3) is 3.88. The molecule has 1 atom stereocenters. The molecule has 0 aliphatic carbocycles. The normalized spacial score (nSPS) is 22.9. The fraction of sp³-hybridized carbons (Fsp3) is 0.533. The van der Waals surface area contributed by atoms with E-state index in [2.05, 4.69) is 10.6 Å². The largest absolute Gasteiger partial charge is 0.348 e. The molecule has 8 heteroatoms. The molecular formula is C15H21N3O3S2. The van der Waals surface area contributed by atoms with Crippen molar-refractivity contribution in [2.24, 2.45) is 0 Å². The molecule has 0 saturated carbocycles. The van der Waals surface area contributed by atoms with Gasteiger partial charge in [0.1, 0.15) is 0 Å². The van der Waals surface area contributed by atoms with E-state index in [0.29, 0.717) is 31.7 Å². The summed E-state index contributed by atoms with van der Waals surface area (Å²) < 4.78 is 26.6. The van der Waals surface area contributed by atoms with Crippen molar-refractivity contribution in [2.75, 3.05) is 37.7 Å². The number of piperazine rings is 1. The molecule has 1 aromatic rings. The van der Waals surface area contributed by atoms with Crippen molar-refractivity contribution in [3.05, 3.63) is 29.8 Å². The van der Waals surface area contributed by atoms with Gasteiger partial charge in [-0.25, -0.2) is 8.42 Å². The van der Waals surface area contributed by atoms with Gasteiger partial charge in [0.25, 0.3) is 5.91 Å². The zero-order valence-corrected chi connectivity index (χ0v) is 14.5. The number of benzene rings is 1. The van der Waals surface area contributed by atoms with Crippen molar-refractivity contribution in [1.82, 2.24) is 14.9 Å². The summed E-state index contributed by atoms with van der Waals surface area (Å²) in [5.41, 5.74) is 0.501. The lowest BCUT2D eigenvalue weighted by atomic mass is 10.2. The van der Waals surface area contributed by atoms with E-state index >= 15 is 0 Å². The first-order valence-corrected chi connectivity index (χ1v) is 10.4. The molecule has 23 heavy (non-hydrogen) atoms. The Morgan fingerprint density at radius 1 is 1.22 bits per heavy atom. The van der Waals surface area contributed by atoms with Crippen LogP contribution in [0.1, 0.15) is 16.8 Å². The molecule has 2 fully saturated rings. The maximum atomic E-state index is 12.5. The minimum Gasteiger partial charge on any atom is -0.348 e. The molecule has 0 radical (unpaired) electrons. The van der Waals surface area contributed by atoms with Gasteiger partial charge in [-0.15, -0.1) is 0 Å². The molecule has 6 nitrogen and oxygen atoms in total. The Labute approximate surface area is 141 Å². The Bertz CT molecular complexity index is 649. The second-order valence-electron chi connectivity index (χ2n) is 5.71. The maximum Gasteiger partial charge on any atom is 0.251 e. The Morgan fingerprint density at radius 3 is 2.52 bits per heavy atom. The van der Waals surface area contributed by atoms with Gasteiger partial charge in [-0.1, -0.05) is 0 Å². The molecule has 126 valence electrons. The number of carbonyl (C=O) groups is 1. The first-order valence-electron chi connectivity index (χ1n) is 7.77. The van der Waals surface area contributed by atoms with E-state index in [4.69, 9.17) is 0 Å². The summed E-state index contributed by atoms with van der Waals surface area (Å²) in [7, 11) is -3.47. The van der Waals surface area contributed by atoms with Crippen LogP contribution in [0.2, 0.25) is 0 Å². The highest BCUT2D eigenvalue weighted by Crippen LogP contribution is 2.19. The Balaban J connectivity index is 1.69. The molecule has 0 aromatic heterocycles. The molecule has 1 amide bonds. The average molecular weight is 355 g/mol. The van der Waals surface area contributed by atoms with E-state index in [9.17, 15) is 13.2 Å². The van der Waals surface area contributed by atoms with Gasteiger partial charge >= 0.3 is 0 Å². The molecule has 2 N–H and O–H groups in total. The van der Waals surface area contributed by atoms with Crippen molar-refractivity contribution >= 4 is 27.7 Å². The Morgan fingerprint density at radius 2 is 1.91 bits per heavy atom. The van der Waals surface area contributed by atoms with Crippen LogP contribution in [0.5, 0.6) is 0 Å². The van der Waals surface area contributed by atoms with E-state index < -0.39 is 10.0 Å². The second kappa shape index (κ2) is 7.21. The molecule has 0 unspecified atom stereocenters. The summed E-state index contributed by atoms with van der Waals surface area (Å²) in [5, 5.41) is 6.12. The van der Waals surface area contributed by atoms with Crippen LogP contribution in [0.4, 0.5) is 0 Å². The lowest BCUT2D eigenvalue weighted by molar-refractivity contribution is 0.0941. The summed E-state index contributed by atoms with van der Waals surface area (Å²) in [4.78, 5) is 12.4. The van der Waals surface area contributed by atoms with Crippen LogP contribution in [-0.2, 0) is 10.0 Å². The quantitative estimate of drug-likeness (QED) is 0.823. The highest BCUT2D eigenvalue weighted by molar-refractivity contribution is 7.99. The Hall–Kier alpha value is -1.09. The number of hydrogen-bond donors (Lipinski definition) is 2. The summed E-state index contributed by atoms with van der Waals surface area (Å²) in [6.45, 7) is 2.28. The third-order valence-electron chi connectivity index (χ3n) is 4.10. The highest BCUT2D eigenvalue weighted by atomic mass is 32.2. The van der Waals surface area contributed by atoms with Crippen molar-refractivity contribution in [1.29, 1.82) is 0 Å². The minimum atomic E-state index is -3.47. The number of nitrogens with zero attached hydrogens (tertiary/aromatic N) is 1. The zero-order chi connectivity index (χ0) is 16.3. The van der Waals surface area contributed by atoms with E-state index in [1.807, 2.05) is 11.8 Å². The van der Waals surface area contributed by atoms with Crippen LogP contribution < -0.4 is 10.6 Å². The van der Waals surface area contributed by atoms with E-state index in [0.717, 1.165) is 17.9 Å². The smallest absolute Gasteiger partial charge is 0.251 e. The van der Waals surface area contributed by atoms with Crippen molar-refractivity contribution < 1.29 is 13.2 Å². The average Bonchev–Trinajstić information content (AvgIpc) is 3.09. The van der Waals surface area contributed by atoms with Crippen molar-refractivity contribution in [3.8, 4) is 0 Å². The Kier molecular flexibility index (Phi) is 5.25. The molecule has 2 aliphatic rings. The number of rotatable bonds is 4. The molecular weight excluding hydrogens is 334 g/mol. The lowest BCUT2D eigenvalue weighted by Crippen LogP contribution is -2.46. The first-order chi connectivity index (χ1) is 11.1. The lowest BCUT2D eigenvalue weighted by Gasteiger charge is -2.26. The van der Waals surface area contributed by atoms with Crippen LogP contribution in [-0.4, -0.2) is 62.4 Å². The monoisotopic (exact) mass is 355 g/mol. The molecule has 2 aliphatic heterocycles. The SMILES string of the molecule is O=C(N[C@@H]1CCSC1)c1ccc(S(=O)(=O)N2CCNCC2)cc1. The van der Waals surface area contributed by atoms with Crippen molar-refractivity contribution in [2.45, 2.75) is 17.4 Å². The third-order valence-corrected chi connectivity index (χ3v) is 7.17. The number of sulfonamides is 1. The van der Waals surface area contributed by atoms with Gasteiger partial charge in [0.05, 0.1) is 4.90 Å². The summed E-state index contributed by atoms with van der Waals surface area (Å²) >= 11 is 1.84. The molecule has 0 bridgehead atoms. The van der Waals surface area contributed by atoms with Gasteiger partial charge in [-0.3, -0.25) is 4.79 Å². The van der Waals surface area contributed by atoms with Crippen molar-refractivity contribution in [3.63, 3.8) is 0 Å². The standard InChI is InChI=1S/C15H21N3O3S2/c19-15(17-13-5-10-22-11-13)12-1-3-14(4-2-12)23(20,21)18-8-6-16-7-9-18/h1-4,13,16H,5-11H2,(H,17,19)/t13-/m1/s1. The maximum absolute atomic E-state index is 12.5. The van der Waals surface area contributed by atoms with Gasteiger partial charge in [0, 0.05) is 43.5 Å². The first kappa shape index (κ1) is 16.8. The van der Waals surface area contributed by atoms with E-state index in [1.54, 1.807) is 12.1 Å². The molecule has 0 spiro atoms. The number of nitrogens with one attached hydrogen (secondary N) is 2. The second-order valence-corrected chi connectivity index (χ2v) is 8.80. The predicted molar refractivity (Wildman–Crippen MR) is 91.3 cm³/mol. The van der Waals surface area contributed by atoms with Crippen LogP contribution in [0.3, 0.4) is 0 Å². The minimum absolute atomic E-state index is 0.136. The van der Waals surface area contributed by atoms with Gasteiger partial charge in [-0.2, -0.15) is 16.1 Å². The number of carbonyl (C=O) groups excluding carboxylic acids is 1. The topological polar surface area (TPSA) is 78.5 Å². The van der Waals surface area contributed by atoms with Crippen LogP contribution in [0.25, 0.3) is 0 Å². The number of amides is 1. The fourth-order valence-electron chi connectivity index (χ4n) is 2.73. The van der Waals surface area contributed by atoms with E-state index in [1.165, 1.54) is 16.4 Å². The van der Waals surface area contributed by atoms with Gasteiger partial charge in [0.15, 0.2) is 0 Å². The van der Waals surface area contributed by atoms with Crippen LogP contribution in [0, 0.1) is 0 Å². The van der Waals surface area contributed by atoms with E-state index in [-0.39, 0.29) is 16.8 Å². The summed E-state index contributed by atoms with van der Waals surface area (Å²) in [6.07, 6.45) is 0.992.